The maximum absolute atomic E-state index is 11.4. The first kappa shape index (κ1) is 12.0. The van der Waals surface area contributed by atoms with Crippen LogP contribution in [0.4, 0.5) is 9.80 Å². The van der Waals surface area contributed by atoms with E-state index < -0.39 is 0 Å². The van der Waals surface area contributed by atoms with E-state index in [0.29, 0.717) is 5.92 Å². The van der Waals surface area contributed by atoms with Gasteiger partial charge in [0.1, 0.15) is 5.00 Å². The van der Waals surface area contributed by atoms with Crippen molar-refractivity contribution in [2.24, 2.45) is 0 Å². The Morgan fingerprint density at radius 1 is 1.67 bits per heavy atom. The molecule has 1 aromatic rings. The number of hydrogen-bond donors (Lipinski definition) is 1. The molecule has 1 atom stereocenters. The molecule has 2 amide bonds. The molecule has 4 nitrogen and oxygen atoms in total. The van der Waals surface area contributed by atoms with E-state index in [1.54, 1.807) is 14.1 Å². The van der Waals surface area contributed by atoms with Crippen LogP contribution in [0, 0.1) is 0 Å². The molecule has 0 spiro atoms. The van der Waals surface area contributed by atoms with Crippen molar-refractivity contribution in [2.75, 3.05) is 19.4 Å². The molecular weight excluding hydrogens is 210 g/mol. The molecule has 1 unspecified atom stereocenters. The van der Waals surface area contributed by atoms with Crippen molar-refractivity contribution >= 4 is 22.6 Å². The van der Waals surface area contributed by atoms with E-state index in [1.165, 1.54) is 16.4 Å². The topological polar surface area (TPSA) is 45.2 Å². The second-order valence-corrected chi connectivity index (χ2v) is 4.55. The molecule has 1 aromatic heterocycles. The minimum absolute atomic E-state index is 0.116. The number of carbonyl (C=O) groups excluding carboxylic acids is 1. The summed E-state index contributed by atoms with van der Waals surface area (Å²) in [5.74, 6) is 0.450. The fraction of sp³-hybridized carbons (Fsp3) is 0.600. The average Bonchev–Trinajstić information content (AvgIpc) is 2.65. The van der Waals surface area contributed by atoms with Gasteiger partial charge in [0, 0.05) is 14.1 Å². The van der Waals surface area contributed by atoms with Gasteiger partial charge in [-0.15, -0.1) is 0 Å². The Hall–Kier alpha value is -1.10. The van der Waals surface area contributed by atoms with Crippen molar-refractivity contribution in [3.8, 4) is 0 Å². The summed E-state index contributed by atoms with van der Waals surface area (Å²) in [6.45, 7) is 4.26. The Morgan fingerprint density at radius 3 is 2.87 bits per heavy atom. The highest BCUT2D eigenvalue weighted by Gasteiger charge is 2.10. The molecule has 0 bridgehead atoms. The van der Waals surface area contributed by atoms with Crippen LogP contribution in [0.2, 0.25) is 0 Å². The number of rotatable bonds is 3. The molecule has 0 radical (unpaired) electrons. The highest BCUT2D eigenvalue weighted by molar-refractivity contribution is 7.10. The maximum Gasteiger partial charge on any atom is 0.321 e. The second-order valence-electron chi connectivity index (χ2n) is 3.75. The molecule has 0 fully saturated rings. The minimum Gasteiger partial charge on any atom is -0.331 e. The van der Waals surface area contributed by atoms with E-state index in [2.05, 4.69) is 23.5 Å². The summed E-state index contributed by atoms with van der Waals surface area (Å²) in [5, 5.41) is 3.59. The maximum atomic E-state index is 11.4. The van der Waals surface area contributed by atoms with Crippen LogP contribution in [-0.2, 0) is 0 Å². The molecule has 84 valence electrons. The molecule has 0 saturated carbocycles. The third-order valence-electron chi connectivity index (χ3n) is 2.28. The fourth-order valence-electron chi connectivity index (χ4n) is 1.01. The smallest absolute Gasteiger partial charge is 0.321 e. The standard InChI is InChI=1S/C10H17N3OS/c1-5-7(2)8-6-9(15-12-8)11-10(14)13(3)4/h6-7H,5H2,1-4H3,(H,11,14). The first-order valence-electron chi connectivity index (χ1n) is 4.99. The van der Waals surface area contributed by atoms with E-state index in [4.69, 9.17) is 0 Å². The number of nitrogens with zero attached hydrogens (tertiary/aromatic N) is 2. The van der Waals surface area contributed by atoms with E-state index in [9.17, 15) is 4.79 Å². The second kappa shape index (κ2) is 5.11. The highest BCUT2D eigenvalue weighted by atomic mass is 32.1. The first-order valence-corrected chi connectivity index (χ1v) is 5.76. The molecule has 0 saturated heterocycles. The Bertz CT molecular complexity index is 335. The van der Waals surface area contributed by atoms with Crippen LogP contribution in [0.15, 0.2) is 6.07 Å². The number of nitrogens with one attached hydrogen (secondary N) is 1. The zero-order valence-corrected chi connectivity index (χ0v) is 10.4. The summed E-state index contributed by atoms with van der Waals surface area (Å²) in [6.07, 6.45) is 1.06. The van der Waals surface area contributed by atoms with E-state index in [0.717, 1.165) is 17.1 Å². The molecule has 0 aliphatic carbocycles. The van der Waals surface area contributed by atoms with Crippen LogP contribution in [0.25, 0.3) is 0 Å². The molecule has 0 aliphatic heterocycles. The number of hydrogen-bond acceptors (Lipinski definition) is 3. The molecule has 5 heteroatoms. The summed E-state index contributed by atoms with van der Waals surface area (Å²) in [5.41, 5.74) is 1.05. The lowest BCUT2D eigenvalue weighted by atomic mass is 10.1. The monoisotopic (exact) mass is 227 g/mol. The van der Waals surface area contributed by atoms with Gasteiger partial charge in [0.15, 0.2) is 0 Å². The molecule has 15 heavy (non-hydrogen) atoms. The largest absolute Gasteiger partial charge is 0.331 e. The SMILES string of the molecule is CCC(C)c1cc(NC(=O)N(C)C)sn1. The van der Waals surface area contributed by atoms with Gasteiger partial charge in [-0.1, -0.05) is 13.8 Å². The van der Waals surface area contributed by atoms with Gasteiger partial charge >= 0.3 is 6.03 Å². The van der Waals surface area contributed by atoms with Crippen LogP contribution in [-0.4, -0.2) is 29.4 Å². The Labute approximate surface area is 94.5 Å². The number of carbonyl (C=O) groups is 1. The zero-order valence-electron chi connectivity index (χ0n) is 9.57. The number of anilines is 1. The third kappa shape index (κ3) is 3.20. The quantitative estimate of drug-likeness (QED) is 0.863. The van der Waals surface area contributed by atoms with Crippen LogP contribution < -0.4 is 5.32 Å². The summed E-state index contributed by atoms with van der Waals surface area (Å²) in [7, 11) is 3.43. The van der Waals surface area contributed by atoms with Crippen molar-refractivity contribution in [2.45, 2.75) is 26.2 Å². The number of amides is 2. The van der Waals surface area contributed by atoms with Crippen LogP contribution in [0.5, 0.6) is 0 Å². The summed E-state index contributed by atoms with van der Waals surface area (Å²) >= 11 is 1.33. The molecule has 1 heterocycles. The van der Waals surface area contributed by atoms with Gasteiger partial charge in [-0.3, -0.25) is 5.32 Å². The molecule has 1 rings (SSSR count). The lowest BCUT2D eigenvalue weighted by molar-refractivity contribution is 0.231. The minimum atomic E-state index is -0.116. The van der Waals surface area contributed by atoms with Gasteiger partial charge in [0.05, 0.1) is 5.69 Å². The van der Waals surface area contributed by atoms with Crippen LogP contribution >= 0.6 is 11.5 Å². The van der Waals surface area contributed by atoms with Gasteiger partial charge in [-0.05, 0) is 29.9 Å². The Balaban J connectivity index is 2.64. The van der Waals surface area contributed by atoms with Crippen molar-refractivity contribution in [1.82, 2.24) is 9.27 Å². The highest BCUT2D eigenvalue weighted by Crippen LogP contribution is 2.24. The predicted molar refractivity (Wildman–Crippen MR) is 63.5 cm³/mol. The first-order chi connectivity index (χ1) is 7.04. The zero-order chi connectivity index (χ0) is 11.4. The fourth-order valence-corrected chi connectivity index (χ4v) is 1.75. The Morgan fingerprint density at radius 2 is 2.33 bits per heavy atom. The number of urea groups is 1. The third-order valence-corrected chi connectivity index (χ3v) is 3.00. The summed E-state index contributed by atoms with van der Waals surface area (Å²) < 4.78 is 4.31. The van der Waals surface area contributed by atoms with Crippen LogP contribution in [0.1, 0.15) is 31.9 Å². The molecular formula is C10H17N3OS. The average molecular weight is 227 g/mol. The van der Waals surface area contributed by atoms with Crippen molar-refractivity contribution < 1.29 is 4.79 Å². The lowest BCUT2D eigenvalue weighted by Gasteiger charge is -2.09. The van der Waals surface area contributed by atoms with Crippen molar-refractivity contribution in [3.05, 3.63) is 11.8 Å². The van der Waals surface area contributed by atoms with Crippen LogP contribution in [0.3, 0.4) is 0 Å². The van der Waals surface area contributed by atoms with Crippen molar-refractivity contribution in [3.63, 3.8) is 0 Å². The van der Waals surface area contributed by atoms with E-state index in [1.807, 2.05) is 6.07 Å². The van der Waals surface area contributed by atoms with E-state index in [-0.39, 0.29) is 6.03 Å². The van der Waals surface area contributed by atoms with Gasteiger partial charge in [0.2, 0.25) is 0 Å². The lowest BCUT2D eigenvalue weighted by Crippen LogP contribution is -2.26. The van der Waals surface area contributed by atoms with Gasteiger partial charge < -0.3 is 4.90 Å². The normalized spacial score (nSPS) is 12.3. The van der Waals surface area contributed by atoms with Gasteiger partial charge in [0.25, 0.3) is 0 Å². The Kier molecular flexibility index (Phi) is 4.08. The van der Waals surface area contributed by atoms with Crippen molar-refractivity contribution in [1.29, 1.82) is 0 Å². The molecule has 1 N–H and O–H groups in total. The van der Waals surface area contributed by atoms with Gasteiger partial charge in [-0.2, -0.15) is 4.37 Å². The molecule has 0 aliphatic rings. The number of aromatic nitrogens is 1. The van der Waals surface area contributed by atoms with Gasteiger partial charge in [-0.25, -0.2) is 4.79 Å². The predicted octanol–water partition coefficient (Wildman–Crippen LogP) is 2.75. The summed E-state index contributed by atoms with van der Waals surface area (Å²) in [4.78, 5) is 12.9. The summed E-state index contributed by atoms with van der Waals surface area (Å²) in [6, 6.07) is 1.83. The van der Waals surface area contributed by atoms with E-state index >= 15 is 0 Å². The molecule has 0 aromatic carbocycles.